The normalized spacial score (nSPS) is 17.2. The van der Waals surface area contributed by atoms with Gasteiger partial charge < -0.3 is 58.9 Å². The van der Waals surface area contributed by atoms with Gasteiger partial charge >= 0.3 is 57.0 Å². The highest BCUT2D eigenvalue weighted by atomic mass is 31.2. The monoisotopic (exact) mass is 1570 g/mol. The number of carboxylic acids is 1. The van der Waals surface area contributed by atoms with Crippen molar-refractivity contribution in [1.29, 1.82) is 0 Å². The molecule has 0 spiro atoms. The molecule has 3 aliphatic heterocycles. The van der Waals surface area contributed by atoms with E-state index in [-0.39, 0.29) is 32.5 Å². The van der Waals surface area contributed by atoms with Crippen molar-refractivity contribution in [2.24, 2.45) is 10.8 Å². The summed E-state index contributed by atoms with van der Waals surface area (Å²) < 4.78 is 200. The van der Waals surface area contributed by atoms with Crippen LogP contribution in [0.5, 0.6) is 5.75 Å². The Morgan fingerprint density at radius 1 is 0.752 bits per heavy atom. The molecule has 2 unspecified atom stereocenters. The quantitative estimate of drug-likeness (QED) is 0.00447. The number of ether oxygens (including phenoxy) is 6. The van der Waals surface area contributed by atoms with Crippen LogP contribution in [0.2, 0.25) is 0 Å². The van der Waals surface area contributed by atoms with E-state index in [1.165, 1.54) is 63.5 Å². The number of alkyl carbamates (subject to hydrolysis) is 2. The maximum atomic E-state index is 16.7. The van der Waals surface area contributed by atoms with Gasteiger partial charge in [0.25, 0.3) is 5.91 Å². The summed E-state index contributed by atoms with van der Waals surface area (Å²) in [7, 11) is -3.93. The molecule has 3 aliphatic rings. The molecule has 594 valence electrons. The summed E-state index contributed by atoms with van der Waals surface area (Å²) in [6, 6.07) is 3.50. The van der Waals surface area contributed by atoms with Crippen LogP contribution >= 0.6 is 7.82 Å². The number of halogens is 10. The fourth-order valence-electron chi connectivity index (χ4n) is 12.7. The Balaban J connectivity index is 1.21. The van der Waals surface area contributed by atoms with Crippen molar-refractivity contribution >= 4 is 55.9 Å². The van der Waals surface area contributed by atoms with Gasteiger partial charge in [-0.05, 0) is 107 Å². The zero-order valence-corrected chi connectivity index (χ0v) is 61.1. The smallest absolute Gasteiger partial charge is 0.481 e. The summed E-state index contributed by atoms with van der Waals surface area (Å²) in [5, 5.41) is 19.6. The van der Waals surface area contributed by atoms with Gasteiger partial charge in [-0.1, -0.05) is 43.9 Å². The number of carboxylic acid groups (broad SMARTS) is 1. The molecule has 3 fully saturated rings. The minimum Gasteiger partial charge on any atom is -0.481 e. The Morgan fingerprint density at radius 3 is 1.82 bits per heavy atom. The molecule has 3 saturated heterocycles. The standard InChI is InChI=1S/C69H80F10N11O18P/c1-36-21-42(26-53(91)92)55(51(22-36)108-109(99,100)101)65(3,4)27-54(93)105-37(2)106-64(98)107-52(33-88(86-59(95)57(84-63(97)103-10)67(7,8)69(77,78)79)32-46-47(70)24-41(25-48(46)71)49-19-20-89(85-49)60(72)73)50(82-58(94)56(83-62(96)102-9)66(5,6)68(74,75)76)23-39-14-11-38(12-15-39)13-16-40-28-80-61(81-29-40)87-30-43-17-18-44(31-87)90(43)45-34-104-35-45/h11-12,14-15,19-22,24-25,28-29,37,43-45,50,52,56-57,60H,17-18,23,26-27,30-35H2,1-10H3,(H,82,94)(H,83,96)(H,84,97)(H,86,95)(H,91,92)(H2,99,100,101)/t37-,43?,44?,50+,52+,56-,57-/m1/s1. The average Bonchev–Trinajstić information content (AvgIpc) is 1.75. The molecule has 4 amide bonds. The van der Waals surface area contributed by atoms with E-state index in [0.717, 1.165) is 45.2 Å². The Morgan fingerprint density at radius 2 is 1.31 bits per heavy atom. The second kappa shape index (κ2) is 34.4. The van der Waals surface area contributed by atoms with Gasteiger partial charge in [0.05, 0.1) is 81.0 Å². The third kappa shape index (κ3) is 21.6. The number of methoxy groups -OCH3 is 2. The number of esters is 1. The van der Waals surface area contributed by atoms with Gasteiger partial charge in [0, 0.05) is 84.9 Å². The fraction of sp³-hybridized carbons (Fsp3) is 0.507. The number of nitrogens with one attached hydrogen (secondary N) is 4. The molecule has 2 bridgehead atoms. The highest BCUT2D eigenvalue weighted by Gasteiger charge is 2.58. The largest absolute Gasteiger partial charge is 0.524 e. The number of anilines is 1. The molecular weight excluding hydrogens is 1490 g/mol. The predicted octanol–water partition coefficient (Wildman–Crippen LogP) is 8.84. The van der Waals surface area contributed by atoms with Crippen LogP contribution in [0, 0.1) is 41.2 Å². The van der Waals surface area contributed by atoms with Crippen LogP contribution in [0.3, 0.4) is 0 Å². The highest BCUT2D eigenvalue weighted by molar-refractivity contribution is 7.46. The van der Waals surface area contributed by atoms with Crippen LogP contribution in [-0.2, 0) is 77.0 Å². The number of piperazine rings is 1. The van der Waals surface area contributed by atoms with Crippen molar-refractivity contribution in [1.82, 2.24) is 51.0 Å². The summed E-state index contributed by atoms with van der Waals surface area (Å²) in [4.78, 5) is 129. The highest BCUT2D eigenvalue weighted by Crippen LogP contribution is 2.47. The average molecular weight is 1570 g/mol. The first kappa shape index (κ1) is 84.7. The van der Waals surface area contributed by atoms with Gasteiger partial charge in [0.1, 0.15) is 35.6 Å². The van der Waals surface area contributed by atoms with Crippen LogP contribution in [0.25, 0.3) is 11.3 Å². The number of phosphoric acid groups is 1. The van der Waals surface area contributed by atoms with Crippen LogP contribution in [0.1, 0.15) is 113 Å². The third-order valence-electron chi connectivity index (χ3n) is 18.6. The molecule has 8 rings (SSSR count). The van der Waals surface area contributed by atoms with E-state index >= 15 is 35.1 Å². The topological polar surface area (TPSA) is 363 Å². The van der Waals surface area contributed by atoms with E-state index < -0.39 is 182 Å². The van der Waals surface area contributed by atoms with Gasteiger partial charge in [-0.2, -0.15) is 40.2 Å². The molecule has 0 aliphatic carbocycles. The SMILES string of the molecule is COC(=O)N[C@H](C(=O)N[C@@H](Cc1ccc(C#Cc2cnc(N3CC4CCC(C3)N4C3COC3)nc2)cc1)[C@H](CN(Cc1c(F)cc(-c2ccn(C(F)F)n2)cc1F)NC(=O)[C@@H](NC(=O)OC)C(C)(C)C(F)(F)F)OC(=O)O[C@H](C)OC(=O)CC(C)(C)c1c(CC(=O)O)cc(C)cc1OP(=O)(O)O)C(C)(C)C(F)(F)F. The maximum Gasteiger partial charge on any atom is 0.524 e. The van der Waals surface area contributed by atoms with Gasteiger partial charge in [-0.15, -0.1) is 0 Å². The van der Waals surface area contributed by atoms with Crippen molar-refractivity contribution in [2.45, 2.75) is 167 Å². The van der Waals surface area contributed by atoms with Crippen LogP contribution < -0.4 is 30.8 Å². The molecule has 7 atom stereocenters. The molecule has 0 saturated carbocycles. The number of aryl methyl sites for hydroxylation is 1. The Kier molecular flexibility index (Phi) is 26.7. The van der Waals surface area contributed by atoms with Crippen molar-refractivity contribution in [3.63, 3.8) is 0 Å². The van der Waals surface area contributed by atoms with E-state index in [9.17, 15) is 61.8 Å². The molecule has 0 radical (unpaired) electrons. The number of hydrogen-bond donors (Lipinski definition) is 7. The van der Waals surface area contributed by atoms with Gasteiger partial charge in [-0.25, -0.2) is 47.4 Å². The summed E-state index contributed by atoms with van der Waals surface area (Å²) in [6.45, 7) is 3.64. The molecular formula is C69H80F10N11O18P. The van der Waals surface area contributed by atoms with E-state index in [0.29, 0.717) is 108 Å². The number of rotatable bonds is 29. The number of carbonyl (C=O) groups is 7. The van der Waals surface area contributed by atoms with E-state index in [1.807, 2.05) is 10.7 Å². The number of phosphoric ester groups is 1. The summed E-state index contributed by atoms with van der Waals surface area (Å²) in [5.74, 6) is -3.64. The summed E-state index contributed by atoms with van der Waals surface area (Å²) >= 11 is 0. The van der Waals surface area contributed by atoms with Crippen molar-refractivity contribution in [3.05, 3.63) is 124 Å². The first-order chi connectivity index (χ1) is 50.8. The molecule has 2 aromatic heterocycles. The minimum absolute atomic E-state index is 0.0585. The van der Waals surface area contributed by atoms with E-state index in [4.69, 9.17) is 23.5 Å². The number of fused-ring (bicyclic) bond motifs is 2. The lowest BCUT2D eigenvalue weighted by Gasteiger charge is -2.47. The number of hydrazine groups is 1. The van der Waals surface area contributed by atoms with Crippen molar-refractivity contribution in [3.8, 4) is 28.8 Å². The number of aliphatic carboxylic acids is 1. The van der Waals surface area contributed by atoms with Crippen LogP contribution in [-0.4, -0.2) is 195 Å². The number of alkyl halides is 8. The minimum atomic E-state index is -5.40. The van der Waals surface area contributed by atoms with E-state index in [1.54, 1.807) is 5.32 Å². The molecule has 5 heterocycles. The second-order valence-corrected chi connectivity index (χ2v) is 29.0. The molecule has 5 aromatic rings. The number of aromatic nitrogens is 4. The number of benzene rings is 3. The molecule has 7 N–H and O–H groups in total. The first-order valence-electron chi connectivity index (χ1n) is 33.5. The van der Waals surface area contributed by atoms with Crippen LogP contribution in [0.4, 0.5) is 64.2 Å². The lowest BCUT2D eigenvalue weighted by molar-refractivity contribution is -0.221. The zero-order valence-electron chi connectivity index (χ0n) is 60.2. The Bertz CT molecular complexity index is 4230. The molecule has 29 nitrogen and oxygen atoms in total. The lowest BCUT2D eigenvalue weighted by atomic mass is 9.77. The number of amides is 4. The number of hydrogen-bond acceptors (Lipinski definition) is 21. The predicted molar refractivity (Wildman–Crippen MR) is 361 cm³/mol. The van der Waals surface area contributed by atoms with Crippen molar-refractivity contribution < 1.29 is 130 Å². The van der Waals surface area contributed by atoms with Crippen molar-refractivity contribution in [2.75, 3.05) is 52.0 Å². The summed E-state index contributed by atoms with van der Waals surface area (Å²) in [6.07, 6.45) is -17.0. The van der Waals surface area contributed by atoms with E-state index in [2.05, 4.69) is 51.5 Å². The lowest BCUT2D eigenvalue weighted by Crippen LogP contribution is -2.64. The zero-order chi connectivity index (χ0) is 80.6. The Labute approximate surface area is 617 Å². The second-order valence-electron chi connectivity index (χ2n) is 27.9. The van der Waals surface area contributed by atoms with Gasteiger partial charge in [-0.3, -0.25) is 39.3 Å². The molecule has 109 heavy (non-hydrogen) atoms. The fourth-order valence-corrected chi connectivity index (χ4v) is 13.1. The third-order valence-corrected chi connectivity index (χ3v) is 19.0. The molecule has 40 heteroatoms. The summed E-state index contributed by atoms with van der Waals surface area (Å²) in [5.41, 5.74) is -7.52. The Hall–Kier alpha value is -9.87. The number of nitrogens with zero attached hydrogens (tertiary/aromatic N) is 7. The van der Waals surface area contributed by atoms with Gasteiger partial charge in [0.2, 0.25) is 18.1 Å². The number of carbonyl (C=O) groups excluding carboxylic acids is 6. The first-order valence-corrected chi connectivity index (χ1v) is 35.0. The molecule has 3 aromatic carbocycles. The van der Waals surface area contributed by atoms with Gasteiger partial charge in [0.15, 0.2) is 0 Å². The van der Waals surface area contributed by atoms with Crippen LogP contribution in [0.15, 0.2) is 73.2 Å². The maximum absolute atomic E-state index is 16.7.